The molecular weight excluding hydrogens is 1090 g/mol. The predicted molar refractivity (Wildman–Crippen MR) is 296 cm³/mol. The summed E-state index contributed by atoms with van der Waals surface area (Å²) in [7, 11) is 0. The van der Waals surface area contributed by atoms with Crippen molar-refractivity contribution < 1.29 is 32.2 Å². The number of ether oxygens (including phenoxy) is 1. The number of rotatable bonds is 18. The first-order valence-electron chi connectivity index (χ1n) is 23.7. The molecule has 11 rings (SSSR count). The van der Waals surface area contributed by atoms with Gasteiger partial charge in [-0.25, -0.2) is 14.8 Å². The summed E-state index contributed by atoms with van der Waals surface area (Å²) in [4.78, 5) is 65.3. The molecule has 6 N–H and O–H groups in total. The Morgan fingerprint density at radius 2 is 1.79 bits per heavy atom. The van der Waals surface area contributed by atoms with Crippen molar-refractivity contribution in [2.24, 2.45) is 0 Å². The minimum Gasteiger partial charge on any atom is -0.484 e. The summed E-state index contributed by atoms with van der Waals surface area (Å²) < 4.78 is 41.9. The van der Waals surface area contributed by atoms with E-state index in [4.69, 9.17) is 33.5 Å². The zero-order chi connectivity index (χ0) is 53.2. The first-order chi connectivity index (χ1) is 37.3. The first kappa shape index (κ1) is 50.8. The number of hydrogen-bond donors (Lipinski definition) is 6. The number of carbonyl (C=O) groups is 3. The maximum absolute atomic E-state index is 16.2. The average molecular weight is 1130 g/mol. The molecule has 19 nitrogen and oxygen atoms in total. The van der Waals surface area contributed by atoms with Crippen LogP contribution in [0.15, 0.2) is 106 Å². The van der Waals surface area contributed by atoms with Crippen molar-refractivity contribution in [2.75, 3.05) is 36.9 Å². The van der Waals surface area contributed by atoms with Gasteiger partial charge in [0.05, 0.1) is 27.9 Å². The van der Waals surface area contributed by atoms with Crippen molar-refractivity contribution in [2.45, 2.75) is 18.9 Å². The lowest BCUT2D eigenvalue weighted by molar-refractivity contribution is -0.360. The fourth-order valence-electron chi connectivity index (χ4n) is 8.93. The number of fused-ring (bicyclic) bond motifs is 4. The Kier molecular flexibility index (Phi) is 14.4. The van der Waals surface area contributed by atoms with Crippen molar-refractivity contribution >= 4 is 130 Å². The normalized spacial score (nSPS) is 14.8. The molecule has 2 aromatic carbocycles. The quantitative estimate of drug-likeness (QED) is 0.0275. The smallest absolute Gasteiger partial charge is 0.484 e. The van der Waals surface area contributed by atoms with Crippen LogP contribution < -0.4 is 31.7 Å². The van der Waals surface area contributed by atoms with E-state index in [9.17, 15) is 19.2 Å². The topological polar surface area (TPSA) is 235 Å². The van der Waals surface area contributed by atoms with Crippen LogP contribution in [0.25, 0.3) is 30.4 Å². The molecule has 0 radical (unpaired) electrons. The molecule has 0 bridgehead atoms. The Bertz CT molecular complexity index is 3880. The van der Waals surface area contributed by atoms with Gasteiger partial charge in [-0.15, -0.1) is 27.8 Å². The number of aromatic amines is 2. The van der Waals surface area contributed by atoms with Crippen molar-refractivity contribution in [3.63, 3.8) is 0 Å². The van der Waals surface area contributed by atoms with Crippen LogP contribution in [0, 0.1) is 4.64 Å². The molecule has 0 fully saturated rings. The number of amides is 3. The van der Waals surface area contributed by atoms with E-state index in [1.165, 1.54) is 38.6 Å². The average Bonchev–Trinajstić information content (AvgIpc) is 4.44. The lowest BCUT2D eigenvalue weighted by Gasteiger charge is -2.30. The monoisotopic (exact) mass is 1130 g/mol. The largest absolute Gasteiger partial charge is 0.737 e. The van der Waals surface area contributed by atoms with Gasteiger partial charge in [0.2, 0.25) is 5.91 Å². The van der Waals surface area contributed by atoms with Crippen molar-refractivity contribution in [3.05, 3.63) is 181 Å². The number of thiophene rings is 1. The zero-order valence-electron chi connectivity index (χ0n) is 39.9. The highest BCUT2D eigenvalue weighted by atomic mass is 35.5. The number of benzene rings is 2. The number of H-pyrrole nitrogens is 2. The number of allylic oxidation sites excluding steroid dienone is 2. The number of nitrogens with zero attached hydrogens (tertiary/aromatic N) is 8. The number of tetrazole rings is 1. The van der Waals surface area contributed by atoms with Crippen LogP contribution in [0.4, 0.5) is 19.7 Å². The van der Waals surface area contributed by atoms with Gasteiger partial charge in [0.15, 0.2) is 23.1 Å². The van der Waals surface area contributed by atoms with Gasteiger partial charge < -0.3 is 38.3 Å². The highest BCUT2D eigenvalue weighted by Crippen LogP contribution is 2.43. The van der Waals surface area contributed by atoms with E-state index in [1.807, 2.05) is 41.8 Å². The molecule has 0 spiro atoms. The van der Waals surface area contributed by atoms with E-state index in [0.717, 1.165) is 35.4 Å². The van der Waals surface area contributed by atoms with E-state index in [0.29, 0.717) is 55.0 Å². The minimum atomic E-state index is -4.16. The second-order valence-corrected chi connectivity index (χ2v) is 21.2. The number of aromatic nitrogens is 9. The third-order valence-electron chi connectivity index (χ3n) is 12.5. The number of halogens is 3. The van der Waals surface area contributed by atoms with Gasteiger partial charge in [-0.1, -0.05) is 76.7 Å². The highest BCUT2D eigenvalue weighted by molar-refractivity contribution is 7.71. The third kappa shape index (κ3) is 10.9. The van der Waals surface area contributed by atoms with Gasteiger partial charge in [-0.05, 0) is 81.9 Å². The Balaban J connectivity index is 0.654. The summed E-state index contributed by atoms with van der Waals surface area (Å²) >= 11 is 16.2. The van der Waals surface area contributed by atoms with Crippen LogP contribution in [0.3, 0.4) is 0 Å². The molecule has 77 heavy (non-hydrogen) atoms. The van der Waals surface area contributed by atoms with E-state index in [2.05, 4.69) is 51.9 Å². The van der Waals surface area contributed by atoms with Crippen LogP contribution in [-0.2, 0) is 16.1 Å². The SMILES string of the molecule is O=C(CCNc1nc2c(s1)C=Cc1cc(Cl)ccc1C2c1cn(Cc2nc(C(=O)Nc3nn[nH]n3)cs2)c(=O)[nH]c1=S)NCCNC(=O)COc1ccc(/C=C/c2ccc3n2[B-](F)(F)[N+]2=C(c4cccs4)C=CC2=C3)cc1. The molecule has 1 unspecified atom stereocenters. The maximum atomic E-state index is 16.2. The van der Waals surface area contributed by atoms with Crippen LogP contribution >= 0.6 is 57.8 Å². The fraction of sp³-hybridized carbons (Fsp3) is 0.140. The van der Waals surface area contributed by atoms with Crippen molar-refractivity contribution in [1.82, 2.24) is 55.3 Å². The predicted octanol–water partition coefficient (Wildman–Crippen LogP) is 7.75. The maximum Gasteiger partial charge on any atom is 0.737 e. The van der Waals surface area contributed by atoms with Gasteiger partial charge in [-0.3, -0.25) is 29.3 Å². The molecule has 8 heterocycles. The zero-order valence-corrected chi connectivity index (χ0v) is 43.9. The summed E-state index contributed by atoms with van der Waals surface area (Å²) in [6.45, 7) is -3.75. The number of nitrogens with one attached hydrogen (secondary N) is 6. The van der Waals surface area contributed by atoms with Gasteiger partial charge in [-0.2, -0.15) is 5.21 Å². The molecule has 1 aliphatic carbocycles. The van der Waals surface area contributed by atoms with E-state index >= 15 is 8.63 Å². The van der Waals surface area contributed by atoms with Crippen LogP contribution in [0.1, 0.15) is 76.9 Å². The minimum absolute atomic E-state index is 0.00684. The molecule has 8 aromatic rings. The summed E-state index contributed by atoms with van der Waals surface area (Å²) in [6, 6.07) is 19.5. The molecule has 0 saturated carbocycles. The molecule has 2 aliphatic heterocycles. The standard InChI is InChI=1S/C50H40BClF2N14O5S4/c52-30-7-14-35-29(22-30)6-16-40-45(44(35)36-24-66(50(72)61-47(36)74)25-43-58-37(27-76-43)46(71)60-48-62-64-65-63-48)59-49(77-40)57-18-17-41(69)55-19-20-56-42(70)26-73-34-12-4-28(5-13-34)3-8-31-9-10-32-23-33-11-15-38(39-2-1-21-75-39)68(33)51(53,54)67(31)32/h1-16,21-24,27,44H,17-20,25-26H2,(H,55,69)(H,56,70)(H,57,59)(H,61,72,74)(H2,60,62,63,64,65,71)/b8-3+. The van der Waals surface area contributed by atoms with E-state index in [1.54, 1.807) is 84.4 Å². The summed E-state index contributed by atoms with van der Waals surface area (Å²) in [5.41, 5.74) is 5.08. The van der Waals surface area contributed by atoms with Crippen LogP contribution in [0.2, 0.25) is 5.02 Å². The molecule has 6 aromatic heterocycles. The molecule has 388 valence electrons. The third-order valence-corrected chi connectivity index (χ3v) is 15.7. The summed E-state index contributed by atoms with van der Waals surface area (Å²) in [5, 5.41) is 29.4. The first-order valence-corrected chi connectivity index (χ1v) is 27.0. The van der Waals surface area contributed by atoms with E-state index in [-0.39, 0.29) is 67.3 Å². The summed E-state index contributed by atoms with van der Waals surface area (Å²) in [5.74, 6) is -1.26. The summed E-state index contributed by atoms with van der Waals surface area (Å²) in [6.07, 6.45) is 14.3. The van der Waals surface area contributed by atoms with Gasteiger partial charge >= 0.3 is 12.7 Å². The van der Waals surface area contributed by atoms with Crippen molar-refractivity contribution in [3.8, 4) is 5.75 Å². The molecular formula is C50H40BClF2N14O5S4. The van der Waals surface area contributed by atoms with Crippen LogP contribution in [0.5, 0.6) is 5.75 Å². The fourth-order valence-corrected chi connectivity index (χ4v) is 11.8. The Morgan fingerprint density at radius 1 is 0.948 bits per heavy atom. The highest BCUT2D eigenvalue weighted by Gasteiger charge is 2.52. The van der Waals surface area contributed by atoms with Gasteiger partial charge in [0.25, 0.3) is 17.8 Å². The molecule has 3 aliphatic rings. The molecule has 27 heteroatoms. The number of anilines is 2. The van der Waals surface area contributed by atoms with Crippen LogP contribution in [-0.4, -0.2) is 106 Å². The Morgan fingerprint density at radius 3 is 2.60 bits per heavy atom. The Labute approximate surface area is 457 Å². The second kappa shape index (κ2) is 21.7. The van der Waals surface area contributed by atoms with Gasteiger partial charge in [0.1, 0.15) is 21.1 Å². The lowest BCUT2D eigenvalue weighted by Crippen LogP contribution is -2.50. The Hall–Kier alpha value is -8.30. The molecule has 3 amide bonds. The number of carbonyl (C=O) groups excluding carboxylic acids is 3. The molecule has 1 atom stereocenters. The molecule has 0 saturated heterocycles. The van der Waals surface area contributed by atoms with Gasteiger partial charge in [0, 0.05) is 77.8 Å². The van der Waals surface area contributed by atoms with Crippen molar-refractivity contribution in [1.29, 1.82) is 0 Å². The van der Waals surface area contributed by atoms with E-state index < -0.39 is 24.5 Å². The number of thiazole rings is 2. The lowest BCUT2D eigenvalue weighted by atomic mass is 9.88. The number of hydrogen-bond acceptors (Lipinski definition) is 15. The second-order valence-electron chi connectivity index (χ2n) is 17.4.